The Morgan fingerprint density at radius 2 is 1.79 bits per heavy atom. The fourth-order valence-corrected chi connectivity index (χ4v) is 4.34. The van der Waals surface area contributed by atoms with Gasteiger partial charge in [-0.25, -0.2) is 9.69 Å². The SMILES string of the molecule is CCc1ccccc1NC(=O)CN1C(=O)N/C(=C\c2cc(C)n(-c3ccc(Br)cc3)c2C)C1=O. The van der Waals surface area contributed by atoms with Gasteiger partial charge in [-0.2, -0.15) is 0 Å². The molecule has 1 aromatic heterocycles. The number of nitrogens with one attached hydrogen (secondary N) is 2. The van der Waals surface area contributed by atoms with Gasteiger partial charge in [-0.3, -0.25) is 9.59 Å². The van der Waals surface area contributed by atoms with E-state index < -0.39 is 17.8 Å². The van der Waals surface area contributed by atoms with Gasteiger partial charge >= 0.3 is 6.03 Å². The van der Waals surface area contributed by atoms with Gasteiger partial charge < -0.3 is 15.2 Å². The average molecular weight is 521 g/mol. The summed E-state index contributed by atoms with van der Waals surface area (Å²) in [7, 11) is 0. The Kier molecular flexibility index (Phi) is 6.70. The summed E-state index contributed by atoms with van der Waals surface area (Å²) in [6.45, 7) is 5.57. The molecule has 0 atom stereocenters. The average Bonchev–Trinajstić information content (AvgIpc) is 3.24. The minimum Gasteiger partial charge on any atom is -0.324 e. The number of amides is 4. The number of aromatic nitrogens is 1. The van der Waals surface area contributed by atoms with Crippen molar-refractivity contribution in [2.75, 3.05) is 11.9 Å². The van der Waals surface area contributed by atoms with E-state index in [9.17, 15) is 14.4 Å². The van der Waals surface area contributed by atoms with E-state index in [4.69, 9.17) is 0 Å². The molecule has 4 rings (SSSR count). The Morgan fingerprint density at radius 3 is 2.50 bits per heavy atom. The summed E-state index contributed by atoms with van der Waals surface area (Å²) in [5, 5.41) is 5.40. The topological polar surface area (TPSA) is 83.4 Å². The number of hydrogen-bond acceptors (Lipinski definition) is 3. The molecule has 1 fully saturated rings. The molecular formula is C26H25BrN4O3. The number of anilines is 1. The van der Waals surface area contributed by atoms with Gasteiger partial charge in [0.15, 0.2) is 0 Å². The molecule has 3 aromatic rings. The number of rotatable bonds is 6. The lowest BCUT2D eigenvalue weighted by molar-refractivity contribution is -0.127. The Labute approximate surface area is 206 Å². The number of hydrogen-bond donors (Lipinski definition) is 2. The fourth-order valence-electron chi connectivity index (χ4n) is 4.08. The van der Waals surface area contributed by atoms with Crippen LogP contribution in [-0.4, -0.2) is 33.9 Å². The van der Waals surface area contributed by atoms with Gasteiger partial charge in [0.1, 0.15) is 12.2 Å². The maximum atomic E-state index is 12.9. The van der Waals surface area contributed by atoms with Gasteiger partial charge in [-0.15, -0.1) is 0 Å². The van der Waals surface area contributed by atoms with E-state index >= 15 is 0 Å². The van der Waals surface area contributed by atoms with Crippen LogP contribution in [0.5, 0.6) is 0 Å². The quantitative estimate of drug-likeness (QED) is 0.356. The van der Waals surface area contributed by atoms with E-state index in [0.717, 1.165) is 44.0 Å². The summed E-state index contributed by atoms with van der Waals surface area (Å²) < 4.78 is 3.07. The van der Waals surface area contributed by atoms with Gasteiger partial charge in [-0.05, 0) is 73.9 Å². The summed E-state index contributed by atoms with van der Waals surface area (Å²) in [6.07, 6.45) is 2.41. The van der Waals surface area contributed by atoms with Gasteiger partial charge in [0.2, 0.25) is 5.91 Å². The van der Waals surface area contributed by atoms with Crippen molar-refractivity contribution in [3.8, 4) is 5.69 Å². The zero-order valence-corrected chi connectivity index (χ0v) is 20.8. The molecule has 7 nitrogen and oxygen atoms in total. The third-order valence-electron chi connectivity index (χ3n) is 5.79. The number of aryl methyl sites for hydroxylation is 2. The van der Waals surface area contributed by atoms with Crippen LogP contribution in [0.2, 0.25) is 0 Å². The molecule has 0 aliphatic carbocycles. The third kappa shape index (κ3) is 4.68. The monoisotopic (exact) mass is 520 g/mol. The zero-order chi connectivity index (χ0) is 24.4. The lowest BCUT2D eigenvalue weighted by Crippen LogP contribution is -2.38. The van der Waals surface area contributed by atoms with Gasteiger partial charge in [-0.1, -0.05) is 41.1 Å². The molecule has 0 saturated carbocycles. The first-order valence-electron chi connectivity index (χ1n) is 11.0. The second kappa shape index (κ2) is 9.69. The first kappa shape index (κ1) is 23.5. The second-order valence-electron chi connectivity index (χ2n) is 8.08. The predicted octanol–water partition coefficient (Wildman–Crippen LogP) is 4.95. The van der Waals surface area contributed by atoms with Crippen molar-refractivity contribution in [3.63, 3.8) is 0 Å². The molecule has 0 bridgehead atoms. The number of nitrogens with zero attached hydrogens (tertiary/aromatic N) is 2. The normalized spacial score (nSPS) is 14.6. The van der Waals surface area contributed by atoms with Crippen molar-refractivity contribution >= 4 is 45.5 Å². The summed E-state index contributed by atoms with van der Waals surface area (Å²) in [5.41, 5.74) is 5.54. The number of para-hydroxylation sites is 1. The van der Waals surface area contributed by atoms with Crippen LogP contribution in [0.15, 0.2) is 64.8 Å². The standard InChI is InChI=1S/C26H25BrN4O3/c1-4-18-7-5-6-8-22(18)28-24(32)15-30-25(33)23(29-26(30)34)14-19-13-16(2)31(17(19)3)21-11-9-20(27)10-12-21/h5-14H,4,15H2,1-3H3,(H,28,32)(H,29,34)/b23-14-. The first-order chi connectivity index (χ1) is 16.3. The van der Waals surface area contributed by atoms with Crippen LogP contribution in [0, 0.1) is 13.8 Å². The second-order valence-corrected chi connectivity index (χ2v) is 8.99. The molecule has 2 heterocycles. The molecule has 2 N–H and O–H groups in total. The van der Waals surface area contributed by atoms with Crippen LogP contribution in [-0.2, 0) is 16.0 Å². The maximum Gasteiger partial charge on any atom is 0.329 e. The molecule has 0 radical (unpaired) electrons. The molecule has 0 unspecified atom stereocenters. The van der Waals surface area contributed by atoms with Gasteiger partial charge in [0, 0.05) is 27.2 Å². The number of imide groups is 1. The Hall–Kier alpha value is -3.65. The lowest BCUT2D eigenvalue weighted by Gasteiger charge is -2.13. The van der Waals surface area contributed by atoms with E-state index in [1.165, 1.54) is 0 Å². The highest BCUT2D eigenvalue weighted by Gasteiger charge is 2.35. The molecule has 1 saturated heterocycles. The van der Waals surface area contributed by atoms with E-state index in [2.05, 4.69) is 31.1 Å². The zero-order valence-electron chi connectivity index (χ0n) is 19.2. The van der Waals surface area contributed by atoms with Crippen molar-refractivity contribution in [3.05, 3.63) is 87.3 Å². The van der Waals surface area contributed by atoms with Crippen LogP contribution >= 0.6 is 15.9 Å². The smallest absolute Gasteiger partial charge is 0.324 e. The van der Waals surface area contributed by atoms with Crippen molar-refractivity contribution in [2.45, 2.75) is 27.2 Å². The summed E-state index contributed by atoms with van der Waals surface area (Å²) in [5.74, 6) is -0.962. The number of carbonyl (C=O) groups is 3. The van der Waals surface area contributed by atoms with Crippen molar-refractivity contribution in [1.29, 1.82) is 0 Å². The number of benzene rings is 2. The van der Waals surface area contributed by atoms with Gasteiger partial charge in [0.05, 0.1) is 0 Å². The Balaban J connectivity index is 1.53. The van der Waals surface area contributed by atoms with E-state index in [-0.39, 0.29) is 12.2 Å². The molecule has 4 amide bonds. The van der Waals surface area contributed by atoms with Crippen molar-refractivity contribution in [1.82, 2.24) is 14.8 Å². The molecule has 8 heteroatoms. The molecule has 174 valence electrons. The van der Waals surface area contributed by atoms with E-state index in [1.54, 1.807) is 12.1 Å². The van der Waals surface area contributed by atoms with E-state index in [1.807, 2.05) is 69.3 Å². The van der Waals surface area contributed by atoms with Crippen LogP contribution < -0.4 is 10.6 Å². The van der Waals surface area contributed by atoms with E-state index in [0.29, 0.717) is 5.69 Å². The predicted molar refractivity (Wildman–Crippen MR) is 136 cm³/mol. The first-order valence-corrected chi connectivity index (χ1v) is 11.7. The fraction of sp³-hybridized carbons (Fsp3) is 0.192. The summed E-state index contributed by atoms with van der Waals surface area (Å²) >= 11 is 3.45. The Bertz CT molecular complexity index is 1310. The number of urea groups is 1. The van der Waals surface area contributed by atoms with Gasteiger partial charge in [0.25, 0.3) is 5.91 Å². The van der Waals surface area contributed by atoms with Crippen LogP contribution in [0.3, 0.4) is 0 Å². The third-order valence-corrected chi connectivity index (χ3v) is 6.32. The van der Waals surface area contributed by atoms with Crippen LogP contribution in [0.1, 0.15) is 29.4 Å². The molecule has 1 aliphatic rings. The minimum absolute atomic E-state index is 0.141. The molecule has 34 heavy (non-hydrogen) atoms. The largest absolute Gasteiger partial charge is 0.329 e. The highest BCUT2D eigenvalue weighted by Crippen LogP contribution is 2.25. The highest BCUT2D eigenvalue weighted by atomic mass is 79.9. The van der Waals surface area contributed by atoms with Crippen molar-refractivity contribution < 1.29 is 14.4 Å². The van der Waals surface area contributed by atoms with Crippen LogP contribution in [0.25, 0.3) is 11.8 Å². The number of halogens is 1. The lowest BCUT2D eigenvalue weighted by atomic mass is 10.1. The highest BCUT2D eigenvalue weighted by molar-refractivity contribution is 9.10. The molecule has 1 aliphatic heterocycles. The number of carbonyl (C=O) groups excluding carboxylic acids is 3. The maximum absolute atomic E-state index is 12.9. The Morgan fingerprint density at radius 1 is 1.09 bits per heavy atom. The molecular weight excluding hydrogens is 496 g/mol. The molecule has 2 aromatic carbocycles. The van der Waals surface area contributed by atoms with Crippen molar-refractivity contribution in [2.24, 2.45) is 0 Å². The van der Waals surface area contributed by atoms with Crippen LogP contribution in [0.4, 0.5) is 10.5 Å². The minimum atomic E-state index is -0.614. The summed E-state index contributed by atoms with van der Waals surface area (Å²) in [6, 6.07) is 16.7. The summed E-state index contributed by atoms with van der Waals surface area (Å²) in [4.78, 5) is 38.9. The molecule has 0 spiro atoms.